The van der Waals surface area contributed by atoms with Crippen LogP contribution in [0.25, 0.3) is 0 Å². The van der Waals surface area contributed by atoms with Gasteiger partial charge in [0, 0.05) is 59.0 Å². The molecule has 4 heteroatoms. The zero-order chi connectivity index (χ0) is 11.2. The highest BCUT2D eigenvalue weighted by Crippen LogP contribution is 2.16. The molecule has 0 aromatic heterocycles. The highest BCUT2D eigenvalue weighted by molar-refractivity contribution is 4.75. The fourth-order valence-corrected chi connectivity index (χ4v) is 2.67. The topological polar surface area (TPSA) is 41.7 Å². The lowest BCUT2D eigenvalue weighted by Crippen LogP contribution is -2.49. The predicted octanol–water partition coefficient (Wildman–Crippen LogP) is -0.0107. The first-order valence-corrected chi connectivity index (χ1v) is 6.61. The van der Waals surface area contributed by atoms with Crippen molar-refractivity contribution in [2.24, 2.45) is 11.7 Å². The maximum absolute atomic E-state index is 5.57. The van der Waals surface area contributed by atoms with E-state index in [4.69, 9.17) is 10.5 Å². The number of nitrogens with zero attached hydrogens (tertiary/aromatic N) is 2. The Balaban J connectivity index is 1.64. The highest BCUT2D eigenvalue weighted by atomic mass is 16.5. The van der Waals surface area contributed by atoms with Crippen LogP contribution in [0.3, 0.4) is 0 Å². The van der Waals surface area contributed by atoms with Crippen LogP contribution >= 0.6 is 0 Å². The van der Waals surface area contributed by atoms with Crippen molar-refractivity contribution < 1.29 is 4.74 Å². The van der Waals surface area contributed by atoms with Crippen LogP contribution in [0.2, 0.25) is 0 Å². The lowest BCUT2D eigenvalue weighted by molar-refractivity contribution is 0.0426. The molecule has 2 saturated heterocycles. The first-order chi connectivity index (χ1) is 7.88. The van der Waals surface area contributed by atoms with Gasteiger partial charge in [0.25, 0.3) is 0 Å². The minimum Gasteiger partial charge on any atom is -0.381 e. The molecule has 94 valence electrons. The van der Waals surface area contributed by atoms with Gasteiger partial charge in [0.2, 0.25) is 0 Å². The van der Waals surface area contributed by atoms with Crippen LogP contribution in [0, 0.1) is 5.92 Å². The van der Waals surface area contributed by atoms with Gasteiger partial charge in [0.1, 0.15) is 0 Å². The molecule has 16 heavy (non-hydrogen) atoms. The van der Waals surface area contributed by atoms with Gasteiger partial charge in [-0.2, -0.15) is 0 Å². The minimum atomic E-state index is 0.792. The summed E-state index contributed by atoms with van der Waals surface area (Å²) in [7, 11) is 0. The van der Waals surface area contributed by atoms with E-state index in [1.165, 1.54) is 45.6 Å². The summed E-state index contributed by atoms with van der Waals surface area (Å²) in [4.78, 5) is 5.09. The van der Waals surface area contributed by atoms with Crippen molar-refractivity contribution in [1.29, 1.82) is 0 Å². The molecule has 0 unspecified atom stereocenters. The van der Waals surface area contributed by atoms with Gasteiger partial charge >= 0.3 is 0 Å². The summed E-state index contributed by atoms with van der Waals surface area (Å²) in [6.07, 6.45) is 2.51. The van der Waals surface area contributed by atoms with Gasteiger partial charge in [0.05, 0.1) is 0 Å². The second-order valence-electron chi connectivity index (χ2n) is 4.99. The molecule has 0 radical (unpaired) electrons. The van der Waals surface area contributed by atoms with Gasteiger partial charge in [0.15, 0.2) is 0 Å². The molecule has 2 aliphatic heterocycles. The number of hydrogen-bond acceptors (Lipinski definition) is 4. The molecule has 4 nitrogen and oxygen atoms in total. The molecule has 2 heterocycles. The van der Waals surface area contributed by atoms with Crippen molar-refractivity contribution in [2.45, 2.75) is 12.8 Å². The molecule has 0 atom stereocenters. The van der Waals surface area contributed by atoms with Crippen LogP contribution in [0.5, 0.6) is 0 Å². The minimum absolute atomic E-state index is 0.792. The van der Waals surface area contributed by atoms with Crippen molar-refractivity contribution in [3.8, 4) is 0 Å². The second kappa shape index (κ2) is 6.55. The van der Waals surface area contributed by atoms with E-state index >= 15 is 0 Å². The molecular weight excluding hydrogens is 202 g/mol. The number of nitrogens with two attached hydrogens (primary N) is 1. The van der Waals surface area contributed by atoms with E-state index < -0.39 is 0 Å². The zero-order valence-corrected chi connectivity index (χ0v) is 10.2. The average molecular weight is 227 g/mol. The number of hydrogen-bond donors (Lipinski definition) is 1. The molecular formula is C12H25N3O. The van der Waals surface area contributed by atoms with E-state index in [0.29, 0.717) is 0 Å². The number of ether oxygens (including phenoxy) is 1. The molecule has 2 fully saturated rings. The van der Waals surface area contributed by atoms with Crippen LogP contribution in [0.15, 0.2) is 0 Å². The monoisotopic (exact) mass is 227 g/mol. The molecule has 2 N–H and O–H groups in total. The van der Waals surface area contributed by atoms with Crippen molar-refractivity contribution >= 4 is 0 Å². The van der Waals surface area contributed by atoms with Crippen molar-refractivity contribution in [1.82, 2.24) is 9.80 Å². The van der Waals surface area contributed by atoms with Gasteiger partial charge < -0.3 is 15.4 Å². The molecule has 0 bridgehead atoms. The van der Waals surface area contributed by atoms with Gasteiger partial charge in [-0.1, -0.05) is 0 Å². The Morgan fingerprint density at radius 3 is 2.25 bits per heavy atom. The first-order valence-electron chi connectivity index (χ1n) is 6.61. The molecule has 0 aromatic rings. The van der Waals surface area contributed by atoms with E-state index in [2.05, 4.69) is 9.80 Å². The molecule has 0 saturated carbocycles. The zero-order valence-electron chi connectivity index (χ0n) is 10.2. The van der Waals surface area contributed by atoms with Crippen LogP contribution in [0.4, 0.5) is 0 Å². The summed E-state index contributed by atoms with van der Waals surface area (Å²) < 4.78 is 5.40. The van der Waals surface area contributed by atoms with E-state index in [0.717, 1.165) is 32.2 Å². The molecule has 2 aliphatic rings. The smallest absolute Gasteiger partial charge is 0.0469 e. The van der Waals surface area contributed by atoms with Gasteiger partial charge in [-0.15, -0.1) is 0 Å². The summed E-state index contributed by atoms with van der Waals surface area (Å²) >= 11 is 0. The second-order valence-corrected chi connectivity index (χ2v) is 4.99. The van der Waals surface area contributed by atoms with Crippen molar-refractivity contribution in [3.05, 3.63) is 0 Å². The van der Waals surface area contributed by atoms with Crippen LogP contribution in [0.1, 0.15) is 12.8 Å². The summed E-state index contributed by atoms with van der Waals surface area (Å²) in [5.74, 6) is 0.870. The molecule has 0 aliphatic carbocycles. The number of rotatable bonds is 4. The normalized spacial score (nSPS) is 26.1. The summed E-state index contributed by atoms with van der Waals surface area (Å²) in [6, 6.07) is 0. The average Bonchev–Trinajstić information content (AvgIpc) is 2.33. The Bertz CT molecular complexity index is 187. The Labute approximate surface area is 98.7 Å². The summed E-state index contributed by atoms with van der Waals surface area (Å²) in [6.45, 7) is 9.90. The van der Waals surface area contributed by atoms with E-state index in [9.17, 15) is 0 Å². The van der Waals surface area contributed by atoms with E-state index in [1.54, 1.807) is 0 Å². The van der Waals surface area contributed by atoms with Crippen LogP contribution in [-0.4, -0.2) is 68.8 Å². The standard InChI is InChI=1S/C12H25N3O/c13-3-4-14-5-7-15(8-6-14)11-12-1-9-16-10-2-12/h12H,1-11,13H2. The SMILES string of the molecule is NCCN1CCN(CC2CCOCC2)CC1. The summed E-state index contributed by atoms with van der Waals surface area (Å²) in [5, 5.41) is 0. The fourth-order valence-electron chi connectivity index (χ4n) is 2.67. The third-order valence-electron chi connectivity index (χ3n) is 3.77. The maximum atomic E-state index is 5.57. The Morgan fingerprint density at radius 2 is 1.62 bits per heavy atom. The van der Waals surface area contributed by atoms with Crippen molar-refractivity contribution in [3.63, 3.8) is 0 Å². The Hall–Kier alpha value is -0.160. The van der Waals surface area contributed by atoms with Gasteiger partial charge in [-0.25, -0.2) is 0 Å². The summed E-state index contributed by atoms with van der Waals surface area (Å²) in [5.41, 5.74) is 5.57. The third-order valence-corrected chi connectivity index (χ3v) is 3.77. The third kappa shape index (κ3) is 3.70. The quantitative estimate of drug-likeness (QED) is 0.733. The molecule has 0 aromatic carbocycles. The Kier molecular flexibility index (Phi) is 5.03. The van der Waals surface area contributed by atoms with E-state index in [1.807, 2.05) is 0 Å². The lowest BCUT2D eigenvalue weighted by atomic mass is 9.99. The van der Waals surface area contributed by atoms with Gasteiger partial charge in [-0.3, -0.25) is 4.90 Å². The van der Waals surface area contributed by atoms with Crippen LogP contribution < -0.4 is 5.73 Å². The lowest BCUT2D eigenvalue weighted by Gasteiger charge is -2.37. The largest absolute Gasteiger partial charge is 0.381 e. The molecule has 0 spiro atoms. The molecule has 2 rings (SSSR count). The Morgan fingerprint density at radius 1 is 1.00 bits per heavy atom. The predicted molar refractivity (Wildman–Crippen MR) is 65.5 cm³/mol. The fraction of sp³-hybridized carbons (Fsp3) is 1.00. The first kappa shape index (κ1) is 12.3. The van der Waals surface area contributed by atoms with Crippen molar-refractivity contribution in [2.75, 3.05) is 59.0 Å². The van der Waals surface area contributed by atoms with E-state index in [-0.39, 0.29) is 0 Å². The van der Waals surface area contributed by atoms with Gasteiger partial charge in [-0.05, 0) is 18.8 Å². The highest BCUT2D eigenvalue weighted by Gasteiger charge is 2.21. The number of piperazine rings is 1. The molecule has 0 amide bonds. The maximum Gasteiger partial charge on any atom is 0.0469 e. The van der Waals surface area contributed by atoms with Crippen LogP contribution in [-0.2, 0) is 4.74 Å².